The normalized spacial score (nSPS) is 11.4. The van der Waals surface area contributed by atoms with Gasteiger partial charge in [-0.15, -0.1) is 0 Å². The maximum atomic E-state index is 13.9. The largest absolute Gasteiger partial charge is 0.444 e. The molecule has 1 heterocycles. The summed E-state index contributed by atoms with van der Waals surface area (Å²) in [4.78, 5) is 15.2. The minimum Gasteiger partial charge on any atom is -0.444 e. The van der Waals surface area contributed by atoms with Gasteiger partial charge in [0.25, 0.3) is 0 Å². The molecule has 0 fully saturated rings. The first-order valence-corrected chi connectivity index (χ1v) is 5.96. The Hall–Kier alpha value is -2.03. The number of amides is 1. The molecule has 0 atom stereocenters. The Morgan fingerprint density at radius 3 is 2.57 bits per heavy atom. The minimum atomic E-state index is -3.27. The Kier molecular flexibility index (Phi) is 5.36. The van der Waals surface area contributed by atoms with Crippen LogP contribution in [0.2, 0.25) is 0 Å². The van der Waals surface area contributed by atoms with Crippen LogP contribution in [0.3, 0.4) is 0 Å². The fourth-order valence-electron chi connectivity index (χ4n) is 1.36. The van der Waals surface area contributed by atoms with Crippen molar-refractivity contribution >= 4 is 11.8 Å². The third kappa shape index (κ3) is 5.10. The summed E-state index contributed by atoms with van der Waals surface area (Å²) in [5.41, 5.74) is 3.78. The number of carbonyl (C=O) groups is 1. The van der Waals surface area contributed by atoms with Gasteiger partial charge in [0.1, 0.15) is 11.3 Å². The Bertz CT molecular complexity index is 518. The van der Waals surface area contributed by atoms with E-state index in [1.165, 1.54) is 0 Å². The number of nitrogens with one attached hydrogen (secondary N) is 1. The summed E-state index contributed by atoms with van der Waals surface area (Å²) in [5.74, 6) is -2.00. The number of hydrogen-bond donors (Lipinski definition) is 2. The molecule has 0 saturated heterocycles. The van der Waals surface area contributed by atoms with Crippen LogP contribution in [0.4, 0.5) is 23.7 Å². The third-order valence-corrected chi connectivity index (χ3v) is 2.08. The number of hydrogen-bond acceptors (Lipinski definition) is 5. The first-order chi connectivity index (χ1) is 9.64. The molecule has 0 aliphatic carbocycles. The van der Waals surface area contributed by atoms with Crippen LogP contribution in [-0.4, -0.2) is 23.3 Å². The highest BCUT2D eigenvalue weighted by Crippen LogP contribution is 2.30. The quantitative estimate of drug-likeness (QED) is 0.893. The summed E-state index contributed by atoms with van der Waals surface area (Å²) in [5, 5.41) is 2.10. The van der Waals surface area contributed by atoms with Crippen LogP contribution >= 0.6 is 0 Å². The second-order valence-corrected chi connectivity index (χ2v) is 4.97. The van der Waals surface area contributed by atoms with E-state index in [1.54, 1.807) is 20.8 Å². The molecule has 0 aromatic carbocycles. The predicted molar refractivity (Wildman–Crippen MR) is 68.6 cm³/mol. The second-order valence-electron chi connectivity index (χ2n) is 4.97. The molecule has 0 saturated carbocycles. The first kappa shape index (κ1) is 17.0. The molecule has 118 valence electrons. The smallest absolute Gasteiger partial charge is 0.412 e. The van der Waals surface area contributed by atoms with Gasteiger partial charge in [-0.05, 0) is 20.8 Å². The van der Waals surface area contributed by atoms with Gasteiger partial charge in [-0.25, -0.2) is 9.18 Å². The zero-order valence-corrected chi connectivity index (χ0v) is 11.7. The number of anilines is 1. The van der Waals surface area contributed by atoms with Crippen molar-refractivity contribution < 1.29 is 27.4 Å². The zero-order valence-electron chi connectivity index (χ0n) is 11.7. The first-order valence-electron chi connectivity index (χ1n) is 5.96. The number of ether oxygens (including phenoxy) is 2. The summed E-state index contributed by atoms with van der Waals surface area (Å²) in [6, 6.07) is 0. The van der Waals surface area contributed by atoms with Crippen LogP contribution < -0.4 is 15.8 Å². The summed E-state index contributed by atoms with van der Waals surface area (Å²) >= 11 is 0. The molecular formula is C12H16F3N3O3. The van der Waals surface area contributed by atoms with Crippen molar-refractivity contribution in [3.63, 3.8) is 0 Å². The molecule has 1 aromatic heterocycles. The van der Waals surface area contributed by atoms with Crippen molar-refractivity contribution in [1.82, 2.24) is 4.98 Å². The van der Waals surface area contributed by atoms with E-state index < -0.39 is 29.9 Å². The Labute approximate surface area is 119 Å². The van der Waals surface area contributed by atoms with Crippen LogP contribution in [0.15, 0.2) is 6.20 Å². The van der Waals surface area contributed by atoms with Crippen molar-refractivity contribution in [3.8, 4) is 5.75 Å². The standard InChI is InChI=1S/C12H16F3N3O3/c1-12(2,3)21-11(19)18-7-5-17-6(4-16)8(13)9(7)20-10(14)15/h5,10H,4,16H2,1-3H3,(H,18,19). The van der Waals surface area contributed by atoms with E-state index in [4.69, 9.17) is 10.5 Å². The van der Waals surface area contributed by atoms with Gasteiger partial charge >= 0.3 is 12.7 Å². The van der Waals surface area contributed by atoms with Crippen LogP contribution in [0.25, 0.3) is 0 Å². The molecule has 6 nitrogen and oxygen atoms in total. The molecular weight excluding hydrogens is 291 g/mol. The van der Waals surface area contributed by atoms with Crippen LogP contribution in [0.5, 0.6) is 5.75 Å². The highest BCUT2D eigenvalue weighted by Gasteiger charge is 2.23. The zero-order chi connectivity index (χ0) is 16.2. The summed E-state index contributed by atoms with van der Waals surface area (Å²) < 4.78 is 47.6. The molecule has 1 amide bonds. The van der Waals surface area contributed by atoms with Gasteiger partial charge in [0.15, 0.2) is 11.6 Å². The lowest BCUT2D eigenvalue weighted by Crippen LogP contribution is -2.27. The number of pyridine rings is 1. The van der Waals surface area contributed by atoms with Gasteiger partial charge in [-0.1, -0.05) is 0 Å². The molecule has 0 spiro atoms. The SMILES string of the molecule is CC(C)(C)OC(=O)Nc1cnc(CN)c(F)c1OC(F)F. The topological polar surface area (TPSA) is 86.5 Å². The average Bonchev–Trinajstić information content (AvgIpc) is 2.31. The van der Waals surface area contributed by atoms with Gasteiger partial charge in [-0.3, -0.25) is 10.3 Å². The van der Waals surface area contributed by atoms with E-state index >= 15 is 0 Å². The van der Waals surface area contributed by atoms with Crippen molar-refractivity contribution in [2.24, 2.45) is 5.73 Å². The van der Waals surface area contributed by atoms with E-state index in [2.05, 4.69) is 15.0 Å². The van der Waals surface area contributed by atoms with E-state index in [9.17, 15) is 18.0 Å². The summed E-state index contributed by atoms with van der Waals surface area (Å²) in [7, 11) is 0. The van der Waals surface area contributed by atoms with Gasteiger partial charge in [0.2, 0.25) is 0 Å². The number of halogens is 3. The molecule has 0 aliphatic heterocycles. The maximum Gasteiger partial charge on any atom is 0.412 e. The van der Waals surface area contributed by atoms with E-state index in [-0.39, 0.29) is 17.9 Å². The number of nitrogens with zero attached hydrogens (tertiary/aromatic N) is 1. The van der Waals surface area contributed by atoms with Gasteiger partial charge in [0.05, 0.1) is 11.9 Å². The summed E-state index contributed by atoms with van der Waals surface area (Å²) in [6.07, 6.45) is 0.00992. The molecule has 1 aromatic rings. The molecule has 9 heteroatoms. The average molecular weight is 307 g/mol. The maximum absolute atomic E-state index is 13.9. The highest BCUT2D eigenvalue weighted by atomic mass is 19.3. The number of nitrogens with two attached hydrogens (primary N) is 1. The molecule has 0 bridgehead atoms. The Morgan fingerprint density at radius 2 is 2.10 bits per heavy atom. The molecule has 0 aliphatic rings. The molecule has 0 unspecified atom stereocenters. The number of rotatable bonds is 4. The Balaban J connectivity index is 3.06. The van der Waals surface area contributed by atoms with E-state index in [0.717, 1.165) is 6.20 Å². The number of carbonyl (C=O) groups excluding carboxylic acids is 1. The lowest BCUT2D eigenvalue weighted by atomic mass is 10.2. The van der Waals surface area contributed by atoms with Crippen molar-refractivity contribution in [3.05, 3.63) is 17.7 Å². The predicted octanol–water partition coefficient (Wildman–Crippen LogP) is 2.63. The van der Waals surface area contributed by atoms with Gasteiger partial charge < -0.3 is 15.2 Å². The molecule has 0 radical (unpaired) electrons. The lowest BCUT2D eigenvalue weighted by Gasteiger charge is -2.20. The number of aromatic nitrogens is 1. The van der Waals surface area contributed by atoms with Gasteiger partial charge in [0, 0.05) is 6.54 Å². The number of alkyl halides is 2. The van der Waals surface area contributed by atoms with E-state index in [1.807, 2.05) is 0 Å². The van der Waals surface area contributed by atoms with Crippen molar-refractivity contribution in [1.29, 1.82) is 0 Å². The molecule has 3 N–H and O–H groups in total. The lowest BCUT2D eigenvalue weighted by molar-refractivity contribution is -0.0519. The van der Waals surface area contributed by atoms with Gasteiger partial charge in [-0.2, -0.15) is 8.78 Å². The third-order valence-electron chi connectivity index (χ3n) is 2.08. The van der Waals surface area contributed by atoms with Crippen LogP contribution in [-0.2, 0) is 11.3 Å². The fraction of sp³-hybridized carbons (Fsp3) is 0.500. The minimum absolute atomic E-state index is 0.264. The van der Waals surface area contributed by atoms with Crippen molar-refractivity contribution in [2.45, 2.75) is 39.5 Å². The van der Waals surface area contributed by atoms with E-state index in [0.29, 0.717) is 0 Å². The molecule has 21 heavy (non-hydrogen) atoms. The fourth-order valence-corrected chi connectivity index (χ4v) is 1.36. The van der Waals surface area contributed by atoms with Crippen molar-refractivity contribution in [2.75, 3.05) is 5.32 Å². The van der Waals surface area contributed by atoms with Crippen LogP contribution in [0.1, 0.15) is 26.5 Å². The molecule has 1 rings (SSSR count). The Morgan fingerprint density at radius 1 is 1.48 bits per heavy atom. The summed E-state index contributed by atoms with van der Waals surface area (Å²) in [6.45, 7) is 1.25. The highest BCUT2D eigenvalue weighted by molar-refractivity contribution is 5.86. The second kappa shape index (κ2) is 6.61. The monoisotopic (exact) mass is 307 g/mol. The van der Waals surface area contributed by atoms with Crippen LogP contribution in [0, 0.1) is 5.82 Å².